The minimum atomic E-state index is 0.812. The highest BCUT2D eigenvalue weighted by Gasteiger charge is 2.23. The van der Waals surface area contributed by atoms with Gasteiger partial charge in [-0.25, -0.2) is 4.98 Å². The fourth-order valence-electron chi connectivity index (χ4n) is 3.53. The smallest absolute Gasteiger partial charge is 0.109 e. The largest absolute Gasteiger partial charge is 0.332 e. The van der Waals surface area contributed by atoms with Crippen molar-refractivity contribution >= 4 is 0 Å². The van der Waals surface area contributed by atoms with Gasteiger partial charge in [-0.15, -0.1) is 0 Å². The number of imidazole rings is 1. The molecule has 0 N–H and O–H groups in total. The number of fused-ring (bicyclic) bond motifs is 1. The molecule has 3 nitrogen and oxygen atoms in total. The van der Waals surface area contributed by atoms with Crippen LogP contribution in [0.3, 0.4) is 0 Å². The second kappa shape index (κ2) is 5.04. The molecule has 0 aliphatic carbocycles. The molecule has 2 unspecified atom stereocenters. The van der Waals surface area contributed by atoms with Crippen LogP contribution in [0.1, 0.15) is 37.7 Å². The topological polar surface area (TPSA) is 21.1 Å². The molecule has 0 aromatic carbocycles. The summed E-state index contributed by atoms with van der Waals surface area (Å²) in [5.41, 5.74) is 1.47. The first-order valence-electron chi connectivity index (χ1n) is 7.44. The van der Waals surface area contributed by atoms with Crippen LogP contribution in [0.15, 0.2) is 6.20 Å². The fraction of sp³-hybridized carbons (Fsp3) is 0.800. The second-order valence-corrected chi connectivity index (χ2v) is 6.39. The van der Waals surface area contributed by atoms with E-state index in [1.165, 1.54) is 63.3 Å². The number of hydrogen-bond donors (Lipinski definition) is 0. The molecule has 100 valence electrons. The highest BCUT2D eigenvalue weighted by molar-refractivity contribution is 5.09. The Bertz CT molecular complexity index is 410. The molecule has 0 saturated carbocycles. The van der Waals surface area contributed by atoms with Gasteiger partial charge < -0.3 is 9.47 Å². The molecule has 0 amide bonds. The Balaban J connectivity index is 1.71. The number of aryl methyl sites for hydroxylation is 1. The van der Waals surface area contributed by atoms with Gasteiger partial charge in [0.05, 0.1) is 0 Å². The van der Waals surface area contributed by atoms with E-state index in [1.54, 1.807) is 0 Å². The maximum atomic E-state index is 4.70. The predicted octanol–water partition coefficient (Wildman–Crippen LogP) is 2.35. The van der Waals surface area contributed by atoms with Gasteiger partial charge in [0.2, 0.25) is 0 Å². The van der Waals surface area contributed by atoms with E-state index in [9.17, 15) is 0 Å². The lowest BCUT2D eigenvalue weighted by Gasteiger charge is -2.30. The minimum Gasteiger partial charge on any atom is -0.332 e. The fourth-order valence-corrected chi connectivity index (χ4v) is 3.53. The first-order chi connectivity index (χ1) is 8.72. The SMILES string of the molecule is CC1CCc2cnc(CC3CCCN(C)C3)n2C1. The summed E-state index contributed by atoms with van der Waals surface area (Å²) in [6.45, 7) is 6.07. The molecule has 3 heteroatoms. The van der Waals surface area contributed by atoms with Gasteiger partial charge in [0, 0.05) is 31.4 Å². The van der Waals surface area contributed by atoms with Crippen LogP contribution < -0.4 is 0 Å². The molecule has 3 rings (SSSR count). The monoisotopic (exact) mass is 247 g/mol. The van der Waals surface area contributed by atoms with E-state index in [2.05, 4.69) is 29.6 Å². The van der Waals surface area contributed by atoms with E-state index in [0.717, 1.165) is 11.8 Å². The van der Waals surface area contributed by atoms with Crippen molar-refractivity contribution in [3.05, 3.63) is 17.7 Å². The van der Waals surface area contributed by atoms with E-state index >= 15 is 0 Å². The molecule has 1 aromatic heterocycles. The highest BCUT2D eigenvalue weighted by Crippen LogP contribution is 2.24. The Morgan fingerprint density at radius 1 is 1.33 bits per heavy atom. The zero-order valence-corrected chi connectivity index (χ0v) is 11.7. The van der Waals surface area contributed by atoms with Crippen LogP contribution >= 0.6 is 0 Å². The molecule has 1 fully saturated rings. The summed E-state index contributed by atoms with van der Waals surface area (Å²) in [6.07, 6.45) is 8.58. The van der Waals surface area contributed by atoms with Gasteiger partial charge in [-0.1, -0.05) is 6.92 Å². The molecule has 2 aliphatic rings. The molecule has 2 aliphatic heterocycles. The third kappa shape index (κ3) is 2.46. The van der Waals surface area contributed by atoms with E-state index in [1.807, 2.05) is 0 Å². The lowest BCUT2D eigenvalue weighted by atomic mass is 9.94. The highest BCUT2D eigenvalue weighted by atomic mass is 15.1. The second-order valence-electron chi connectivity index (χ2n) is 6.39. The van der Waals surface area contributed by atoms with Crippen LogP contribution in [-0.4, -0.2) is 34.6 Å². The van der Waals surface area contributed by atoms with Gasteiger partial charge in [0.15, 0.2) is 0 Å². The van der Waals surface area contributed by atoms with E-state index < -0.39 is 0 Å². The Kier molecular flexibility index (Phi) is 3.42. The summed E-state index contributed by atoms with van der Waals surface area (Å²) in [5, 5.41) is 0. The van der Waals surface area contributed by atoms with Crippen molar-refractivity contribution in [1.82, 2.24) is 14.5 Å². The first kappa shape index (κ1) is 12.2. The quantitative estimate of drug-likeness (QED) is 0.800. The average Bonchev–Trinajstić information content (AvgIpc) is 2.72. The van der Waals surface area contributed by atoms with Crippen molar-refractivity contribution in [3.63, 3.8) is 0 Å². The Morgan fingerprint density at radius 2 is 2.22 bits per heavy atom. The molecular weight excluding hydrogens is 222 g/mol. The zero-order valence-electron chi connectivity index (χ0n) is 11.7. The molecule has 0 radical (unpaired) electrons. The molecule has 1 aromatic rings. The maximum absolute atomic E-state index is 4.70. The standard InChI is InChI=1S/C15H25N3/c1-12-5-6-14-9-16-15(18(14)10-12)8-13-4-3-7-17(2)11-13/h9,12-13H,3-8,10-11H2,1-2H3. The van der Waals surface area contributed by atoms with E-state index in [0.29, 0.717) is 0 Å². The van der Waals surface area contributed by atoms with Gasteiger partial charge in [0.25, 0.3) is 0 Å². The van der Waals surface area contributed by atoms with Gasteiger partial charge in [-0.05, 0) is 51.1 Å². The number of hydrogen-bond acceptors (Lipinski definition) is 2. The summed E-state index contributed by atoms with van der Waals surface area (Å²) in [5.74, 6) is 2.98. The Hall–Kier alpha value is -0.830. The van der Waals surface area contributed by atoms with Gasteiger partial charge in [-0.2, -0.15) is 0 Å². The number of piperidine rings is 1. The van der Waals surface area contributed by atoms with E-state index in [-0.39, 0.29) is 0 Å². The van der Waals surface area contributed by atoms with Gasteiger partial charge >= 0.3 is 0 Å². The van der Waals surface area contributed by atoms with Crippen molar-refractivity contribution < 1.29 is 0 Å². The summed E-state index contributed by atoms with van der Waals surface area (Å²) in [6, 6.07) is 0. The number of aromatic nitrogens is 2. The molecular formula is C15H25N3. The molecule has 0 bridgehead atoms. The lowest BCUT2D eigenvalue weighted by Crippen LogP contribution is -2.33. The van der Waals surface area contributed by atoms with Crippen molar-refractivity contribution in [2.24, 2.45) is 11.8 Å². The number of nitrogens with zero attached hydrogens (tertiary/aromatic N) is 3. The number of rotatable bonds is 2. The molecule has 18 heavy (non-hydrogen) atoms. The van der Waals surface area contributed by atoms with Crippen molar-refractivity contribution in [2.45, 2.75) is 45.6 Å². The summed E-state index contributed by atoms with van der Waals surface area (Å²) < 4.78 is 2.50. The van der Waals surface area contributed by atoms with Crippen LogP contribution in [0.2, 0.25) is 0 Å². The molecule has 0 spiro atoms. The zero-order chi connectivity index (χ0) is 12.5. The molecule has 2 atom stereocenters. The van der Waals surface area contributed by atoms with Crippen LogP contribution in [0.5, 0.6) is 0 Å². The van der Waals surface area contributed by atoms with Crippen LogP contribution in [-0.2, 0) is 19.4 Å². The number of likely N-dealkylation sites (tertiary alicyclic amines) is 1. The van der Waals surface area contributed by atoms with Crippen LogP contribution in [0.25, 0.3) is 0 Å². The van der Waals surface area contributed by atoms with E-state index in [4.69, 9.17) is 4.98 Å². The third-order valence-corrected chi connectivity index (χ3v) is 4.60. The Morgan fingerprint density at radius 3 is 3.06 bits per heavy atom. The summed E-state index contributed by atoms with van der Waals surface area (Å²) >= 11 is 0. The van der Waals surface area contributed by atoms with Crippen LogP contribution in [0, 0.1) is 11.8 Å². The normalized spacial score (nSPS) is 29.2. The van der Waals surface area contributed by atoms with Crippen molar-refractivity contribution in [2.75, 3.05) is 20.1 Å². The average molecular weight is 247 g/mol. The summed E-state index contributed by atoms with van der Waals surface area (Å²) in [7, 11) is 2.25. The predicted molar refractivity (Wildman–Crippen MR) is 73.6 cm³/mol. The maximum Gasteiger partial charge on any atom is 0.109 e. The van der Waals surface area contributed by atoms with Crippen molar-refractivity contribution in [3.8, 4) is 0 Å². The Labute approximate surface area is 110 Å². The third-order valence-electron chi connectivity index (χ3n) is 4.60. The summed E-state index contributed by atoms with van der Waals surface area (Å²) in [4.78, 5) is 7.16. The van der Waals surface area contributed by atoms with Gasteiger partial charge in [-0.3, -0.25) is 0 Å². The van der Waals surface area contributed by atoms with Crippen molar-refractivity contribution in [1.29, 1.82) is 0 Å². The minimum absolute atomic E-state index is 0.812. The van der Waals surface area contributed by atoms with Crippen LogP contribution in [0.4, 0.5) is 0 Å². The first-order valence-corrected chi connectivity index (χ1v) is 7.44. The van der Waals surface area contributed by atoms with Gasteiger partial charge in [0.1, 0.15) is 5.82 Å². The molecule has 1 saturated heterocycles. The lowest BCUT2D eigenvalue weighted by molar-refractivity contribution is 0.205. The molecule has 3 heterocycles.